The number of rotatable bonds is 0. The molecule has 12 unspecified atom stereocenters. The molecule has 5 saturated heterocycles. The molecule has 0 spiro atoms. The first-order valence-electron chi connectivity index (χ1n) is 41.2. The summed E-state index contributed by atoms with van der Waals surface area (Å²) in [6.45, 7) is 34.1. The third kappa shape index (κ3) is 49.9. The van der Waals surface area contributed by atoms with E-state index in [1.165, 1.54) is 173 Å². The Hall–Kier alpha value is 3.99. The van der Waals surface area contributed by atoms with Gasteiger partial charge < -0.3 is 119 Å². The average Bonchev–Trinajstić information content (AvgIpc) is 1.84. The Balaban J connectivity index is 0.000000344. The zero-order chi connectivity index (χ0) is 74.9. The van der Waals surface area contributed by atoms with E-state index in [0.29, 0.717) is 115 Å². The molecule has 6 aliphatic carbocycles. The van der Waals surface area contributed by atoms with Gasteiger partial charge in [0.15, 0.2) is 0 Å². The van der Waals surface area contributed by atoms with E-state index in [-0.39, 0.29) is 51.8 Å². The Morgan fingerprint density at radius 1 is 0.248 bits per heavy atom. The molecule has 0 aromatic carbocycles. The van der Waals surface area contributed by atoms with Gasteiger partial charge in [-0.15, -0.1) is 0 Å². The molecule has 6 saturated carbocycles. The first kappa shape index (κ1) is 103. The summed E-state index contributed by atoms with van der Waals surface area (Å²) in [4.78, 5) is 0. The minimum absolute atomic E-state index is 0. The summed E-state index contributed by atoms with van der Waals surface area (Å²) in [6.07, 6.45) is 36.4. The number of hydrogen-bond donors (Lipinski definition) is 20. The summed E-state index contributed by atoms with van der Waals surface area (Å²) in [5, 5.41) is 75.0. The van der Waals surface area contributed by atoms with E-state index >= 15 is 0 Å². The maximum atomic E-state index is 4.95. The average molecular weight is 1850 g/mol. The molecule has 11 fully saturated rings. The van der Waals surface area contributed by atoms with Crippen LogP contribution in [0.4, 0.5) is 0 Å². The molecular formula is C72H150Cl9FeMn2N20Zn-. The SMILES string of the molecule is C1CCC2NCCNC3CCCCC3NCCNCCNC2C1.C1CCC2NCCNC3CCCCC3NCCNCCNC2C1.C[C@@H]1CNC2CCCCC2NC[C@H](C)NC[C@@H]2CCC[C@@H](CN1)N2.C[C@@H]1CN[C@@H](C)CNC2CCCCC2NC[C@H](C)NCCN1.[Cl-].[Cl][Fe][Cl].[Cl][Mn][Cl].[Cl][Mn][Cl].[Cl][Zn][Cl]. The van der Waals surface area contributed by atoms with Gasteiger partial charge in [-0.3, -0.25) is 0 Å². The Morgan fingerprint density at radius 3 is 0.629 bits per heavy atom. The van der Waals surface area contributed by atoms with Gasteiger partial charge in [-0.25, -0.2) is 0 Å². The topological polar surface area (TPSA) is 241 Å². The van der Waals surface area contributed by atoms with Crippen molar-refractivity contribution in [3.63, 3.8) is 0 Å². The van der Waals surface area contributed by atoms with Gasteiger partial charge in [-0.2, -0.15) is 0 Å². The summed E-state index contributed by atoms with van der Waals surface area (Å²) >= 11 is -0.722. The van der Waals surface area contributed by atoms with Gasteiger partial charge in [-0.1, -0.05) is 83.5 Å². The van der Waals surface area contributed by atoms with Gasteiger partial charge in [0.05, 0.1) is 0 Å². The Kier molecular flexibility index (Phi) is 68.7. The second-order valence-corrected chi connectivity index (χ2v) is 41.5. The second kappa shape index (κ2) is 69.9. The number of piperidine rings is 1. The Bertz CT molecular complexity index is 1790. The molecule has 33 heteroatoms. The standard InChI is InChI=1S/C19H39N5.2C18H37N5.C17H37N5.9ClH.Fe.2Mn.Zn/c1-14-10-22-18-8-3-4-9-19(18)23-11-15(2)21-13-17-7-5-6-16(24-17)12-20-14;2*1-3-7-17-15(5-1)20-11-9-19-10-12-21-16-6-2-4-8-18(16)23-14-13-22-17;1-13-10-20-15(3)12-22-17-7-5-4-6-16(17)21-11-14(2)19-9-8-18-13;;;;;;;;;;;;;/h14-24H,3-13H2,1-2H3;2*15-23H,1-14H2;13-22H,4-12H2,1-3H3;9*1H;;;;/q;;;;;;;;;;;;;4*+2/p-9/t14-,15+,16-,17-,18?,19?;;;13-,14+,15+,16?,17?;;;;;;;;;;;;;/m0..1............./s1. The van der Waals surface area contributed by atoms with Gasteiger partial charge in [0.25, 0.3) is 0 Å². The quantitative estimate of drug-likeness (QED) is 0.142. The molecule has 0 amide bonds. The molecule has 2 bridgehead atoms. The van der Waals surface area contributed by atoms with Crippen LogP contribution in [0, 0.1) is 0 Å². The summed E-state index contributed by atoms with van der Waals surface area (Å²) < 4.78 is 0. The Labute approximate surface area is 706 Å². The zero-order valence-corrected chi connectivity index (χ0v) is 78.4. The van der Waals surface area contributed by atoms with Crippen molar-refractivity contribution in [3.8, 4) is 0 Å². The molecule has 11 rings (SSSR count). The van der Waals surface area contributed by atoms with Gasteiger partial charge in [0.1, 0.15) is 0 Å². The van der Waals surface area contributed by atoms with Crippen molar-refractivity contribution in [2.45, 2.75) is 323 Å². The molecule has 105 heavy (non-hydrogen) atoms. The molecule has 0 aromatic heterocycles. The summed E-state index contributed by atoms with van der Waals surface area (Å²) in [5.74, 6) is 0. The minimum atomic E-state index is -0.931. The summed E-state index contributed by atoms with van der Waals surface area (Å²) in [7, 11) is 38.6. The predicted molar refractivity (Wildman–Crippen MR) is 437 cm³/mol. The number of fused-ring (bicyclic) bond motifs is 8. The van der Waals surface area contributed by atoms with Gasteiger partial charge in [0, 0.05) is 252 Å². The molecule has 11 aliphatic rings. The molecule has 0 radical (unpaired) electrons. The van der Waals surface area contributed by atoms with E-state index in [9.17, 15) is 0 Å². The first-order valence-corrected chi connectivity index (χ1v) is 58.6. The van der Waals surface area contributed by atoms with Gasteiger partial charge in [-0.05, 0) is 125 Å². The van der Waals surface area contributed by atoms with Gasteiger partial charge in [0.2, 0.25) is 0 Å². The van der Waals surface area contributed by atoms with E-state index in [2.05, 4.69) is 141 Å². The fourth-order valence-corrected chi connectivity index (χ4v) is 17.2. The van der Waals surface area contributed by atoms with Crippen molar-refractivity contribution in [1.29, 1.82) is 0 Å². The van der Waals surface area contributed by atoms with Crippen LogP contribution in [0.1, 0.15) is 208 Å². The number of halogens is 9. The van der Waals surface area contributed by atoms with E-state index < -0.39 is 15.1 Å². The van der Waals surface area contributed by atoms with E-state index in [1.807, 2.05) is 0 Å². The zero-order valence-electron chi connectivity index (χ0n) is 65.1. The molecule has 5 aliphatic heterocycles. The van der Waals surface area contributed by atoms with Crippen molar-refractivity contribution < 1.29 is 67.0 Å². The fraction of sp³-hybridized carbons (Fsp3) is 1.00. The van der Waals surface area contributed by atoms with Crippen LogP contribution in [-0.4, -0.2) is 252 Å². The van der Waals surface area contributed by atoms with Crippen molar-refractivity contribution in [1.82, 2.24) is 106 Å². The van der Waals surface area contributed by atoms with Crippen LogP contribution in [0.3, 0.4) is 0 Å². The molecule has 20 N–H and O–H groups in total. The van der Waals surface area contributed by atoms with E-state index in [0.717, 1.165) is 137 Å². The van der Waals surface area contributed by atoms with Crippen LogP contribution >= 0.6 is 80.0 Å². The van der Waals surface area contributed by atoms with Crippen molar-refractivity contribution in [2.75, 3.05) is 137 Å². The van der Waals surface area contributed by atoms with Gasteiger partial charge >= 0.3 is 135 Å². The number of hydrogen-bond acceptors (Lipinski definition) is 20. The maximum absolute atomic E-state index is 4.95. The molecular weight excluding hydrogens is 1700 g/mol. The molecule has 19 atom stereocenters. The molecule has 20 nitrogen and oxygen atoms in total. The Morgan fingerprint density at radius 2 is 0.410 bits per heavy atom. The first-order chi connectivity index (χ1) is 50.9. The summed E-state index contributed by atoms with van der Waals surface area (Å²) in [6, 6.07) is 11.8. The molecule has 5 heterocycles. The van der Waals surface area contributed by atoms with Crippen LogP contribution in [-0.2, 0) is 54.5 Å². The van der Waals surface area contributed by atoms with E-state index in [1.54, 1.807) is 0 Å². The summed E-state index contributed by atoms with van der Waals surface area (Å²) in [5.41, 5.74) is 0. The second-order valence-electron chi connectivity index (χ2n) is 31.1. The predicted octanol–water partition coefficient (Wildman–Crippen LogP) is 5.03. The molecule has 0 aromatic rings. The van der Waals surface area contributed by atoms with Crippen LogP contribution < -0.4 is 119 Å². The van der Waals surface area contributed by atoms with Crippen LogP contribution in [0.25, 0.3) is 0 Å². The normalized spacial score (nSPS) is 35.9. The monoisotopic (exact) mass is 1840 g/mol. The van der Waals surface area contributed by atoms with Crippen molar-refractivity contribution in [3.05, 3.63) is 0 Å². The van der Waals surface area contributed by atoms with Crippen molar-refractivity contribution in [2.24, 2.45) is 0 Å². The van der Waals surface area contributed by atoms with E-state index in [4.69, 9.17) is 80.0 Å². The third-order valence-electron chi connectivity index (χ3n) is 22.9. The fourth-order valence-electron chi connectivity index (χ4n) is 17.2. The number of nitrogens with one attached hydrogen (secondary N) is 20. The van der Waals surface area contributed by atoms with Crippen LogP contribution in [0.2, 0.25) is 0 Å². The van der Waals surface area contributed by atoms with Crippen molar-refractivity contribution >= 4 is 80.0 Å². The van der Waals surface area contributed by atoms with Crippen LogP contribution in [0.15, 0.2) is 0 Å². The molecule has 626 valence electrons. The van der Waals surface area contributed by atoms with Crippen LogP contribution in [0.5, 0.6) is 0 Å². The third-order valence-corrected chi connectivity index (χ3v) is 22.9.